The van der Waals surface area contributed by atoms with E-state index in [2.05, 4.69) is 18.7 Å². The Labute approximate surface area is 125 Å². The summed E-state index contributed by atoms with van der Waals surface area (Å²) in [4.78, 5) is 14.5. The molecule has 0 radical (unpaired) electrons. The minimum atomic E-state index is 0.355. The molecule has 2 atom stereocenters. The molecular weight excluding hydrogens is 248 g/mol. The molecule has 1 fully saturated rings. The van der Waals surface area contributed by atoms with Crippen molar-refractivity contribution in [3.63, 3.8) is 0 Å². The summed E-state index contributed by atoms with van der Waals surface area (Å²) in [6.45, 7) is 5.91. The molecule has 0 bridgehead atoms. The van der Waals surface area contributed by atoms with E-state index in [4.69, 9.17) is 5.73 Å². The van der Waals surface area contributed by atoms with Gasteiger partial charge in [-0.25, -0.2) is 0 Å². The van der Waals surface area contributed by atoms with Crippen LogP contribution in [0.15, 0.2) is 0 Å². The second-order valence-electron chi connectivity index (χ2n) is 6.19. The Balaban J connectivity index is 2.28. The summed E-state index contributed by atoms with van der Waals surface area (Å²) in [6, 6.07) is 0.414. The fraction of sp³-hybridized carbons (Fsp3) is 0.941. The first-order valence-corrected chi connectivity index (χ1v) is 8.74. The van der Waals surface area contributed by atoms with Gasteiger partial charge in [-0.05, 0) is 38.6 Å². The van der Waals surface area contributed by atoms with Crippen molar-refractivity contribution in [2.45, 2.75) is 84.1 Å². The van der Waals surface area contributed by atoms with E-state index in [0.29, 0.717) is 17.9 Å². The van der Waals surface area contributed by atoms with E-state index >= 15 is 0 Å². The van der Waals surface area contributed by atoms with Crippen LogP contribution >= 0.6 is 0 Å². The number of nitrogens with two attached hydrogens (primary N) is 1. The Morgan fingerprint density at radius 3 is 2.45 bits per heavy atom. The fourth-order valence-electron chi connectivity index (χ4n) is 3.50. The normalized spacial score (nSPS) is 22.1. The van der Waals surface area contributed by atoms with E-state index in [-0.39, 0.29) is 0 Å². The number of rotatable bonds is 10. The molecule has 2 unspecified atom stereocenters. The van der Waals surface area contributed by atoms with E-state index in [9.17, 15) is 4.79 Å². The molecule has 0 aliphatic heterocycles. The lowest BCUT2D eigenvalue weighted by Crippen LogP contribution is -2.44. The van der Waals surface area contributed by atoms with Crippen LogP contribution in [0.3, 0.4) is 0 Å². The highest BCUT2D eigenvalue weighted by Gasteiger charge is 2.32. The van der Waals surface area contributed by atoms with Crippen LogP contribution < -0.4 is 5.73 Å². The van der Waals surface area contributed by atoms with Crippen molar-refractivity contribution in [1.82, 2.24) is 4.90 Å². The first-order chi connectivity index (χ1) is 9.74. The second kappa shape index (κ2) is 10.2. The van der Waals surface area contributed by atoms with E-state index in [1.807, 2.05) is 0 Å². The summed E-state index contributed by atoms with van der Waals surface area (Å²) in [7, 11) is 0. The lowest BCUT2D eigenvalue weighted by atomic mass is 10.0. The minimum absolute atomic E-state index is 0.355. The summed E-state index contributed by atoms with van der Waals surface area (Å²) in [5, 5.41) is 0. The van der Waals surface area contributed by atoms with Crippen molar-refractivity contribution < 1.29 is 4.79 Å². The van der Waals surface area contributed by atoms with Crippen LogP contribution in [0.4, 0.5) is 0 Å². The zero-order chi connectivity index (χ0) is 14.8. The van der Waals surface area contributed by atoms with Gasteiger partial charge < -0.3 is 10.6 Å². The molecule has 0 saturated heterocycles. The number of amides is 1. The third kappa shape index (κ3) is 5.43. The average Bonchev–Trinajstić information content (AvgIpc) is 2.92. The third-order valence-electron chi connectivity index (χ3n) is 4.73. The van der Waals surface area contributed by atoms with Crippen LogP contribution in [0, 0.1) is 5.92 Å². The summed E-state index contributed by atoms with van der Waals surface area (Å²) in [5.41, 5.74) is 5.85. The summed E-state index contributed by atoms with van der Waals surface area (Å²) < 4.78 is 0. The summed E-state index contributed by atoms with van der Waals surface area (Å²) >= 11 is 0. The Morgan fingerprint density at radius 1 is 1.10 bits per heavy atom. The molecule has 2 N–H and O–H groups in total. The lowest BCUT2D eigenvalue weighted by Gasteiger charge is -2.32. The maximum atomic E-state index is 12.4. The standard InChI is InChI=1S/C17H34N2O/c1-3-5-6-7-8-9-13-17(20)19(4-2)16-12-10-11-15(16)14-18/h15-16H,3-14,18H2,1-2H3. The van der Waals surface area contributed by atoms with Gasteiger partial charge in [0.15, 0.2) is 0 Å². The van der Waals surface area contributed by atoms with Crippen molar-refractivity contribution in [3.05, 3.63) is 0 Å². The molecule has 0 spiro atoms. The molecule has 0 heterocycles. The summed E-state index contributed by atoms with van der Waals surface area (Å²) in [6.07, 6.45) is 11.8. The summed E-state index contributed by atoms with van der Waals surface area (Å²) in [5.74, 6) is 0.886. The molecule has 1 aliphatic carbocycles. The Bertz CT molecular complexity index is 268. The Kier molecular flexibility index (Phi) is 8.92. The topological polar surface area (TPSA) is 46.3 Å². The van der Waals surface area contributed by atoms with Crippen molar-refractivity contribution >= 4 is 5.91 Å². The number of hydrogen-bond donors (Lipinski definition) is 1. The number of nitrogens with zero attached hydrogens (tertiary/aromatic N) is 1. The van der Waals surface area contributed by atoms with Crippen LogP contribution in [0.25, 0.3) is 0 Å². The highest BCUT2D eigenvalue weighted by Crippen LogP contribution is 2.29. The zero-order valence-electron chi connectivity index (χ0n) is 13.6. The van der Waals surface area contributed by atoms with E-state index in [0.717, 1.165) is 32.4 Å². The molecule has 1 aliphatic rings. The smallest absolute Gasteiger partial charge is 0.222 e. The molecule has 0 aromatic heterocycles. The van der Waals surface area contributed by atoms with Gasteiger partial charge in [0.2, 0.25) is 5.91 Å². The maximum absolute atomic E-state index is 12.4. The van der Waals surface area contributed by atoms with E-state index < -0.39 is 0 Å². The van der Waals surface area contributed by atoms with Crippen molar-refractivity contribution in [2.24, 2.45) is 11.7 Å². The predicted molar refractivity (Wildman–Crippen MR) is 85.6 cm³/mol. The Hall–Kier alpha value is -0.570. The quantitative estimate of drug-likeness (QED) is 0.621. The first kappa shape index (κ1) is 17.5. The van der Waals surface area contributed by atoms with Gasteiger partial charge in [-0.2, -0.15) is 0 Å². The number of unbranched alkanes of at least 4 members (excludes halogenated alkanes) is 5. The monoisotopic (exact) mass is 282 g/mol. The molecule has 0 aromatic rings. The number of carbonyl (C=O) groups excluding carboxylic acids is 1. The number of hydrogen-bond acceptors (Lipinski definition) is 2. The molecule has 3 nitrogen and oxygen atoms in total. The minimum Gasteiger partial charge on any atom is -0.340 e. The van der Waals surface area contributed by atoms with Gasteiger partial charge in [0.1, 0.15) is 0 Å². The fourth-order valence-corrected chi connectivity index (χ4v) is 3.50. The molecular formula is C17H34N2O. The van der Waals surface area contributed by atoms with Gasteiger partial charge in [-0.15, -0.1) is 0 Å². The predicted octanol–water partition coefficient (Wildman–Crippen LogP) is 3.71. The largest absolute Gasteiger partial charge is 0.340 e. The van der Waals surface area contributed by atoms with Gasteiger partial charge in [-0.3, -0.25) is 4.79 Å². The highest BCUT2D eigenvalue weighted by molar-refractivity contribution is 5.76. The van der Waals surface area contributed by atoms with Gasteiger partial charge in [0, 0.05) is 19.0 Å². The first-order valence-electron chi connectivity index (χ1n) is 8.74. The maximum Gasteiger partial charge on any atom is 0.222 e. The lowest BCUT2D eigenvalue weighted by molar-refractivity contribution is -0.134. The number of carbonyl (C=O) groups is 1. The molecule has 3 heteroatoms. The zero-order valence-corrected chi connectivity index (χ0v) is 13.6. The molecule has 1 rings (SSSR count). The van der Waals surface area contributed by atoms with Crippen LogP contribution in [0.2, 0.25) is 0 Å². The van der Waals surface area contributed by atoms with Crippen LogP contribution in [-0.2, 0) is 4.79 Å². The molecule has 0 aromatic carbocycles. The molecule has 20 heavy (non-hydrogen) atoms. The van der Waals surface area contributed by atoms with E-state index in [1.165, 1.54) is 44.9 Å². The second-order valence-corrected chi connectivity index (χ2v) is 6.19. The average molecular weight is 282 g/mol. The van der Waals surface area contributed by atoms with Crippen molar-refractivity contribution in [2.75, 3.05) is 13.1 Å². The third-order valence-corrected chi connectivity index (χ3v) is 4.73. The van der Waals surface area contributed by atoms with Crippen molar-refractivity contribution in [3.8, 4) is 0 Å². The highest BCUT2D eigenvalue weighted by atomic mass is 16.2. The molecule has 118 valence electrons. The van der Waals surface area contributed by atoms with Gasteiger partial charge >= 0.3 is 0 Å². The van der Waals surface area contributed by atoms with Gasteiger partial charge in [0.05, 0.1) is 0 Å². The van der Waals surface area contributed by atoms with Gasteiger partial charge in [-0.1, -0.05) is 45.4 Å². The van der Waals surface area contributed by atoms with E-state index in [1.54, 1.807) is 0 Å². The van der Waals surface area contributed by atoms with Crippen LogP contribution in [-0.4, -0.2) is 29.9 Å². The Morgan fingerprint density at radius 2 is 1.80 bits per heavy atom. The van der Waals surface area contributed by atoms with Crippen LogP contribution in [0.1, 0.15) is 78.1 Å². The molecule has 1 saturated carbocycles. The SMILES string of the molecule is CCCCCCCCC(=O)N(CC)C1CCCC1CN. The molecule has 1 amide bonds. The van der Waals surface area contributed by atoms with Gasteiger partial charge in [0.25, 0.3) is 0 Å². The van der Waals surface area contributed by atoms with Crippen LogP contribution in [0.5, 0.6) is 0 Å². The van der Waals surface area contributed by atoms with Crippen molar-refractivity contribution in [1.29, 1.82) is 0 Å².